The second-order valence-electron chi connectivity index (χ2n) is 6.54. The summed E-state index contributed by atoms with van der Waals surface area (Å²) in [6, 6.07) is 14.7. The Kier molecular flexibility index (Phi) is 6.62. The van der Waals surface area contributed by atoms with E-state index in [0.717, 1.165) is 11.6 Å². The Morgan fingerprint density at radius 2 is 1.74 bits per heavy atom. The van der Waals surface area contributed by atoms with Gasteiger partial charge in [0, 0.05) is 17.2 Å². The van der Waals surface area contributed by atoms with Crippen LogP contribution in [0.25, 0.3) is 23.5 Å². The van der Waals surface area contributed by atoms with Crippen LogP contribution in [0.5, 0.6) is 11.5 Å². The predicted octanol–water partition coefficient (Wildman–Crippen LogP) is 5.83. The standard InChI is InChI=1S/C25H19FO5/c1-4-24(27)31-23-13-6-17(15-21(23)26)5-9-19-12-14-22(29-19)18-7-10-20(11-8-18)30-25(28)16(2)3/h4-15H,1-2H2,3H3/b9-5+. The summed E-state index contributed by atoms with van der Waals surface area (Å²) in [5.74, 6) is -0.447. The first kappa shape index (κ1) is 21.5. The van der Waals surface area contributed by atoms with Crippen LogP contribution in [0.1, 0.15) is 18.2 Å². The summed E-state index contributed by atoms with van der Waals surface area (Å²) in [5, 5.41) is 0. The highest BCUT2D eigenvalue weighted by molar-refractivity contribution is 5.88. The molecule has 6 heteroatoms. The maximum Gasteiger partial charge on any atom is 0.338 e. The van der Waals surface area contributed by atoms with E-state index in [1.165, 1.54) is 12.1 Å². The third-order valence-electron chi connectivity index (χ3n) is 4.10. The Morgan fingerprint density at radius 1 is 1.00 bits per heavy atom. The Balaban J connectivity index is 1.68. The number of hydrogen-bond donors (Lipinski definition) is 0. The molecule has 0 N–H and O–H groups in total. The molecule has 0 saturated carbocycles. The minimum Gasteiger partial charge on any atom is -0.457 e. The third kappa shape index (κ3) is 5.67. The molecular weight excluding hydrogens is 399 g/mol. The molecule has 1 aromatic heterocycles. The third-order valence-corrected chi connectivity index (χ3v) is 4.10. The molecule has 0 atom stereocenters. The first-order chi connectivity index (χ1) is 14.9. The normalized spacial score (nSPS) is 10.6. The zero-order valence-corrected chi connectivity index (χ0v) is 16.8. The largest absolute Gasteiger partial charge is 0.457 e. The average molecular weight is 418 g/mol. The minimum absolute atomic E-state index is 0.167. The molecule has 0 spiro atoms. The molecule has 3 rings (SSSR count). The van der Waals surface area contributed by atoms with E-state index >= 15 is 0 Å². The van der Waals surface area contributed by atoms with Crippen LogP contribution in [-0.4, -0.2) is 11.9 Å². The van der Waals surface area contributed by atoms with Gasteiger partial charge in [-0.1, -0.05) is 25.3 Å². The fourth-order valence-electron chi connectivity index (χ4n) is 2.51. The lowest BCUT2D eigenvalue weighted by Crippen LogP contribution is -2.07. The Labute approximate surface area is 178 Å². The molecule has 0 aliphatic rings. The first-order valence-corrected chi connectivity index (χ1v) is 9.25. The van der Waals surface area contributed by atoms with Gasteiger partial charge in [0.2, 0.25) is 0 Å². The fraction of sp³-hybridized carbons (Fsp3) is 0.0400. The molecule has 0 bridgehead atoms. The lowest BCUT2D eigenvalue weighted by atomic mass is 10.1. The zero-order chi connectivity index (χ0) is 22.4. The van der Waals surface area contributed by atoms with E-state index in [1.54, 1.807) is 61.5 Å². The van der Waals surface area contributed by atoms with E-state index in [2.05, 4.69) is 13.2 Å². The van der Waals surface area contributed by atoms with Gasteiger partial charge in [0.1, 0.15) is 17.3 Å². The van der Waals surface area contributed by atoms with Gasteiger partial charge in [-0.25, -0.2) is 14.0 Å². The minimum atomic E-state index is -0.729. The van der Waals surface area contributed by atoms with Gasteiger partial charge in [-0.2, -0.15) is 0 Å². The number of rotatable bonds is 7. The van der Waals surface area contributed by atoms with Crippen molar-refractivity contribution in [2.24, 2.45) is 0 Å². The van der Waals surface area contributed by atoms with Gasteiger partial charge < -0.3 is 13.9 Å². The highest BCUT2D eigenvalue weighted by Crippen LogP contribution is 2.26. The number of hydrogen-bond acceptors (Lipinski definition) is 5. The molecule has 5 nitrogen and oxygen atoms in total. The summed E-state index contributed by atoms with van der Waals surface area (Å²) in [4.78, 5) is 22.7. The number of carbonyl (C=O) groups excluding carboxylic acids is 2. The van der Waals surface area contributed by atoms with Crippen LogP contribution in [0.2, 0.25) is 0 Å². The number of benzene rings is 2. The summed E-state index contributed by atoms with van der Waals surface area (Å²) >= 11 is 0. The van der Waals surface area contributed by atoms with Crippen molar-refractivity contribution in [2.75, 3.05) is 0 Å². The van der Waals surface area contributed by atoms with Gasteiger partial charge in [-0.3, -0.25) is 0 Å². The van der Waals surface area contributed by atoms with Crippen molar-refractivity contribution in [1.82, 2.24) is 0 Å². The highest BCUT2D eigenvalue weighted by Gasteiger charge is 2.09. The second-order valence-corrected chi connectivity index (χ2v) is 6.54. The van der Waals surface area contributed by atoms with Crippen molar-refractivity contribution < 1.29 is 27.9 Å². The summed E-state index contributed by atoms with van der Waals surface area (Å²) in [5.41, 5.74) is 1.69. The van der Waals surface area contributed by atoms with E-state index in [9.17, 15) is 14.0 Å². The zero-order valence-electron chi connectivity index (χ0n) is 16.8. The molecule has 156 valence electrons. The van der Waals surface area contributed by atoms with Gasteiger partial charge in [0.25, 0.3) is 0 Å². The Morgan fingerprint density at radius 3 is 2.39 bits per heavy atom. The van der Waals surface area contributed by atoms with Crippen molar-refractivity contribution >= 4 is 24.1 Å². The lowest BCUT2D eigenvalue weighted by molar-refractivity contribution is -0.130. The summed E-state index contributed by atoms with van der Waals surface area (Å²) < 4.78 is 29.8. The number of ether oxygens (including phenoxy) is 2. The number of carbonyl (C=O) groups is 2. The smallest absolute Gasteiger partial charge is 0.338 e. The van der Waals surface area contributed by atoms with Crippen molar-refractivity contribution in [2.45, 2.75) is 6.92 Å². The lowest BCUT2D eigenvalue weighted by Gasteiger charge is -2.04. The van der Waals surface area contributed by atoms with E-state index in [1.807, 2.05) is 0 Å². The maximum absolute atomic E-state index is 14.0. The Bertz CT molecular complexity index is 1170. The highest BCUT2D eigenvalue weighted by atomic mass is 19.1. The van der Waals surface area contributed by atoms with Crippen molar-refractivity contribution in [3.05, 3.63) is 96.5 Å². The van der Waals surface area contributed by atoms with Crippen molar-refractivity contribution in [3.8, 4) is 22.8 Å². The molecule has 1 heterocycles. The Hall–Kier alpha value is -4.19. The molecule has 0 aliphatic carbocycles. The SMILES string of the molecule is C=CC(=O)Oc1ccc(/C=C/c2ccc(-c3ccc(OC(=O)C(=C)C)cc3)o2)cc1F. The first-order valence-electron chi connectivity index (χ1n) is 9.25. The van der Waals surface area contributed by atoms with Crippen molar-refractivity contribution in [1.29, 1.82) is 0 Å². The number of furan rings is 1. The summed E-state index contributed by atoms with van der Waals surface area (Å²) in [7, 11) is 0. The average Bonchev–Trinajstić information content (AvgIpc) is 3.23. The molecule has 0 aliphatic heterocycles. The van der Waals surface area contributed by atoms with Crippen LogP contribution < -0.4 is 9.47 Å². The number of halogens is 1. The summed E-state index contributed by atoms with van der Waals surface area (Å²) in [6.07, 6.45) is 4.33. The topological polar surface area (TPSA) is 65.7 Å². The number of esters is 2. The molecule has 0 fully saturated rings. The van der Waals surface area contributed by atoms with Crippen molar-refractivity contribution in [3.63, 3.8) is 0 Å². The second kappa shape index (κ2) is 9.54. The van der Waals surface area contributed by atoms with Gasteiger partial charge in [0.05, 0.1) is 0 Å². The van der Waals surface area contributed by atoms with Gasteiger partial charge in [-0.15, -0.1) is 0 Å². The quantitative estimate of drug-likeness (QED) is 0.274. The monoisotopic (exact) mass is 418 g/mol. The van der Waals surface area contributed by atoms with Crippen LogP contribution in [-0.2, 0) is 9.59 Å². The van der Waals surface area contributed by atoms with Gasteiger partial charge in [-0.05, 0) is 67.1 Å². The fourth-order valence-corrected chi connectivity index (χ4v) is 2.51. The van der Waals surface area contributed by atoms with Crippen LogP contribution in [0.15, 0.2) is 83.8 Å². The predicted molar refractivity (Wildman–Crippen MR) is 116 cm³/mol. The molecule has 3 aromatic rings. The van der Waals surface area contributed by atoms with Crippen LogP contribution in [0, 0.1) is 5.82 Å². The van der Waals surface area contributed by atoms with Crippen LogP contribution in [0.4, 0.5) is 4.39 Å². The molecule has 0 radical (unpaired) electrons. The maximum atomic E-state index is 14.0. The van der Waals surface area contributed by atoms with Gasteiger partial charge in [0.15, 0.2) is 11.6 Å². The van der Waals surface area contributed by atoms with E-state index < -0.39 is 17.8 Å². The molecular formula is C25H19FO5. The van der Waals surface area contributed by atoms with Gasteiger partial charge >= 0.3 is 11.9 Å². The van der Waals surface area contributed by atoms with E-state index in [4.69, 9.17) is 13.9 Å². The van der Waals surface area contributed by atoms with Crippen LogP contribution >= 0.6 is 0 Å². The molecule has 2 aromatic carbocycles. The molecule has 31 heavy (non-hydrogen) atoms. The summed E-state index contributed by atoms with van der Waals surface area (Å²) in [6.45, 7) is 8.39. The van der Waals surface area contributed by atoms with E-state index in [-0.39, 0.29) is 5.75 Å². The molecule has 0 saturated heterocycles. The molecule has 0 unspecified atom stereocenters. The molecule has 0 amide bonds. The van der Waals surface area contributed by atoms with E-state index in [0.29, 0.717) is 28.4 Å². The van der Waals surface area contributed by atoms with Crippen LogP contribution in [0.3, 0.4) is 0 Å².